The van der Waals surface area contributed by atoms with Crippen LogP contribution in [0.5, 0.6) is 0 Å². The lowest BCUT2D eigenvalue weighted by Crippen LogP contribution is -2.48. The summed E-state index contributed by atoms with van der Waals surface area (Å²) in [6, 6.07) is 0. The van der Waals surface area contributed by atoms with Gasteiger partial charge in [-0.3, -0.25) is 4.79 Å². The zero-order valence-electron chi connectivity index (χ0n) is 17.1. The van der Waals surface area contributed by atoms with Gasteiger partial charge in [0.15, 0.2) is 5.82 Å². The Morgan fingerprint density at radius 2 is 1.83 bits per heavy atom. The molecule has 2 aromatic heterocycles. The predicted octanol–water partition coefficient (Wildman–Crippen LogP) is 3.54. The molecule has 2 aliphatic carbocycles. The van der Waals surface area contributed by atoms with Crippen molar-refractivity contribution in [3.8, 4) is 0 Å². The van der Waals surface area contributed by atoms with Gasteiger partial charge >= 0.3 is 0 Å². The Balaban J connectivity index is 1.12. The molecule has 8 heteroatoms. The van der Waals surface area contributed by atoms with Crippen molar-refractivity contribution in [2.75, 3.05) is 13.1 Å². The van der Waals surface area contributed by atoms with E-state index in [0.29, 0.717) is 28.6 Å². The SMILES string of the molecule is Cc1nonc1CC(=O)N1CCC2(CC1)CC(c1nc(C3CCCCC3)no1)C2. The molecule has 5 rings (SSSR count). The Morgan fingerprint density at radius 1 is 1.07 bits per heavy atom. The summed E-state index contributed by atoms with van der Waals surface area (Å²) in [7, 11) is 0. The first-order valence-electron chi connectivity index (χ1n) is 11.0. The standard InChI is InChI=1S/C21H29N5O3/c1-14-17(24-29-23-14)11-18(27)26-9-7-21(8-10-26)12-16(13-21)20-22-19(25-28-20)15-5-3-2-4-6-15/h15-16H,2-13H2,1H3. The third-order valence-electron chi connectivity index (χ3n) is 7.38. The number of carbonyl (C=O) groups is 1. The van der Waals surface area contributed by atoms with E-state index >= 15 is 0 Å². The van der Waals surface area contributed by atoms with E-state index in [-0.39, 0.29) is 12.3 Å². The first-order valence-corrected chi connectivity index (χ1v) is 11.0. The second kappa shape index (κ2) is 7.54. The molecule has 8 nitrogen and oxygen atoms in total. The van der Waals surface area contributed by atoms with Crippen LogP contribution in [0, 0.1) is 12.3 Å². The maximum atomic E-state index is 12.6. The summed E-state index contributed by atoms with van der Waals surface area (Å²) in [6.07, 6.45) is 10.9. The molecule has 1 saturated heterocycles. The number of likely N-dealkylation sites (tertiary alicyclic amines) is 1. The molecular formula is C21H29N5O3. The molecule has 1 aliphatic heterocycles. The predicted molar refractivity (Wildman–Crippen MR) is 103 cm³/mol. The van der Waals surface area contributed by atoms with E-state index in [4.69, 9.17) is 14.1 Å². The van der Waals surface area contributed by atoms with Crippen LogP contribution in [-0.2, 0) is 11.2 Å². The van der Waals surface area contributed by atoms with E-state index in [1.54, 1.807) is 0 Å². The topological polar surface area (TPSA) is 98.2 Å². The third kappa shape index (κ3) is 3.69. The first kappa shape index (κ1) is 18.8. The van der Waals surface area contributed by atoms with Crippen LogP contribution < -0.4 is 0 Å². The third-order valence-corrected chi connectivity index (χ3v) is 7.38. The van der Waals surface area contributed by atoms with E-state index < -0.39 is 0 Å². The largest absolute Gasteiger partial charge is 0.342 e. The first-order chi connectivity index (χ1) is 14.1. The maximum Gasteiger partial charge on any atom is 0.229 e. The van der Waals surface area contributed by atoms with E-state index in [1.165, 1.54) is 32.1 Å². The van der Waals surface area contributed by atoms with Gasteiger partial charge in [-0.05, 0) is 50.9 Å². The van der Waals surface area contributed by atoms with Crippen LogP contribution >= 0.6 is 0 Å². The van der Waals surface area contributed by atoms with E-state index in [1.807, 2.05) is 11.8 Å². The van der Waals surface area contributed by atoms with Crippen LogP contribution in [0.1, 0.15) is 92.7 Å². The monoisotopic (exact) mass is 399 g/mol. The number of carbonyl (C=O) groups excluding carboxylic acids is 1. The molecule has 3 fully saturated rings. The molecular weight excluding hydrogens is 370 g/mol. The summed E-state index contributed by atoms with van der Waals surface area (Å²) in [5, 5.41) is 11.9. The Morgan fingerprint density at radius 3 is 2.52 bits per heavy atom. The van der Waals surface area contributed by atoms with Gasteiger partial charge in [0.2, 0.25) is 11.8 Å². The zero-order valence-corrected chi connectivity index (χ0v) is 17.1. The normalized spacial score (nSPS) is 22.7. The van der Waals surface area contributed by atoms with Gasteiger partial charge in [-0.25, -0.2) is 4.63 Å². The van der Waals surface area contributed by atoms with Crippen molar-refractivity contribution in [3.63, 3.8) is 0 Å². The molecule has 0 aromatic carbocycles. The van der Waals surface area contributed by atoms with Crippen molar-refractivity contribution in [2.24, 2.45) is 5.41 Å². The van der Waals surface area contributed by atoms with Gasteiger partial charge in [0.1, 0.15) is 11.4 Å². The number of hydrogen-bond donors (Lipinski definition) is 0. The summed E-state index contributed by atoms with van der Waals surface area (Å²) in [4.78, 5) is 19.3. The van der Waals surface area contributed by atoms with Crippen molar-refractivity contribution in [1.29, 1.82) is 0 Å². The van der Waals surface area contributed by atoms with Gasteiger partial charge in [0.25, 0.3) is 0 Å². The lowest BCUT2D eigenvalue weighted by Gasteiger charge is -2.51. The fraction of sp³-hybridized carbons (Fsp3) is 0.762. The number of piperidine rings is 1. The second-order valence-corrected chi connectivity index (χ2v) is 9.28. The summed E-state index contributed by atoms with van der Waals surface area (Å²) >= 11 is 0. The quantitative estimate of drug-likeness (QED) is 0.775. The molecule has 29 heavy (non-hydrogen) atoms. The fourth-order valence-corrected chi connectivity index (χ4v) is 5.40. The average molecular weight is 399 g/mol. The van der Waals surface area contributed by atoms with Crippen molar-refractivity contribution >= 4 is 5.91 Å². The van der Waals surface area contributed by atoms with Crippen LogP contribution in [0.25, 0.3) is 0 Å². The molecule has 2 saturated carbocycles. The lowest BCUT2D eigenvalue weighted by atomic mass is 9.57. The summed E-state index contributed by atoms with van der Waals surface area (Å²) in [6.45, 7) is 3.44. The Kier molecular flexibility index (Phi) is 4.87. The number of aryl methyl sites for hydroxylation is 1. The van der Waals surface area contributed by atoms with Gasteiger partial charge in [-0.2, -0.15) is 4.98 Å². The minimum atomic E-state index is 0.114. The van der Waals surface area contributed by atoms with Crippen molar-refractivity contribution in [1.82, 2.24) is 25.4 Å². The number of amides is 1. The molecule has 3 heterocycles. The van der Waals surface area contributed by atoms with Crippen LogP contribution in [0.3, 0.4) is 0 Å². The highest BCUT2D eigenvalue weighted by Gasteiger charge is 2.48. The van der Waals surface area contributed by atoms with Gasteiger partial charge < -0.3 is 9.42 Å². The molecule has 3 aliphatic rings. The highest BCUT2D eigenvalue weighted by molar-refractivity contribution is 5.78. The van der Waals surface area contributed by atoms with Crippen LogP contribution in [0.15, 0.2) is 9.15 Å². The van der Waals surface area contributed by atoms with Crippen molar-refractivity contribution < 1.29 is 13.9 Å². The number of nitrogens with zero attached hydrogens (tertiary/aromatic N) is 5. The van der Waals surface area contributed by atoms with Crippen molar-refractivity contribution in [3.05, 3.63) is 23.1 Å². The van der Waals surface area contributed by atoms with Gasteiger partial charge in [0, 0.05) is 24.9 Å². The van der Waals surface area contributed by atoms with Crippen LogP contribution in [0.2, 0.25) is 0 Å². The summed E-state index contributed by atoms with van der Waals surface area (Å²) in [5.74, 6) is 2.77. The fourth-order valence-electron chi connectivity index (χ4n) is 5.40. The zero-order chi connectivity index (χ0) is 19.8. The summed E-state index contributed by atoms with van der Waals surface area (Å²) < 4.78 is 10.3. The number of rotatable bonds is 4. The molecule has 0 unspecified atom stereocenters. The molecule has 1 amide bonds. The maximum absolute atomic E-state index is 12.6. The number of hydrogen-bond acceptors (Lipinski definition) is 7. The van der Waals surface area contributed by atoms with Crippen LogP contribution in [0.4, 0.5) is 0 Å². The molecule has 2 aromatic rings. The van der Waals surface area contributed by atoms with Crippen LogP contribution in [-0.4, -0.2) is 44.4 Å². The molecule has 1 spiro atoms. The Hall–Kier alpha value is -2.25. The molecule has 0 radical (unpaired) electrons. The molecule has 0 N–H and O–H groups in total. The van der Waals surface area contributed by atoms with Gasteiger partial charge in [0.05, 0.1) is 6.42 Å². The lowest BCUT2D eigenvalue weighted by molar-refractivity contribution is -0.134. The minimum absolute atomic E-state index is 0.114. The number of aromatic nitrogens is 4. The van der Waals surface area contributed by atoms with E-state index in [9.17, 15) is 4.79 Å². The van der Waals surface area contributed by atoms with Crippen molar-refractivity contribution in [2.45, 2.75) is 83.0 Å². The van der Waals surface area contributed by atoms with Gasteiger partial charge in [-0.15, -0.1) is 0 Å². The van der Waals surface area contributed by atoms with Gasteiger partial charge in [-0.1, -0.05) is 34.7 Å². The Bertz CT molecular complexity index is 853. The second-order valence-electron chi connectivity index (χ2n) is 9.28. The highest BCUT2D eigenvalue weighted by atomic mass is 16.6. The summed E-state index contributed by atoms with van der Waals surface area (Å²) in [5.41, 5.74) is 1.68. The molecule has 0 atom stereocenters. The molecule has 0 bridgehead atoms. The minimum Gasteiger partial charge on any atom is -0.342 e. The smallest absolute Gasteiger partial charge is 0.229 e. The Labute approximate surface area is 170 Å². The average Bonchev–Trinajstić information content (AvgIpc) is 3.36. The molecule has 156 valence electrons. The van der Waals surface area contributed by atoms with E-state index in [2.05, 4.69) is 15.5 Å². The van der Waals surface area contributed by atoms with E-state index in [0.717, 1.165) is 50.5 Å². The highest BCUT2D eigenvalue weighted by Crippen LogP contribution is 2.56.